The maximum Gasteiger partial charge on any atom is 0.0488 e. The lowest BCUT2D eigenvalue weighted by molar-refractivity contribution is 1.02. The molecule has 1 aliphatic carbocycles. The summed E-state index contributed by atoms with van der Waals surface area (Å²) in [7, 11) is 2.18. The first-order valence-electron chi connectivity index (χ1n) is 8.58. The summed E-state index contributed by atoms with van der Waals surface area (Å²) in [5.74, 6) is 0. The summed E-state index contributed by atoms with van der Waals surface area (Å²) in [5, 5.41) is 5.43. The predicted molar refractivity (Wildman–Crippen MR) is 103 cm³/mol. The van der Waals surface area contributed by atoms with Crippen molar-refractivity contribution >= 4 is 32.9 Å². The molecule has 0 aromatic heterocycles. The summed E-state index contributed by atoms with van der Waals surface area (Å²) in [6, 6.07) is 26.5. The zero-order valence-electron chi connectivity index (χ0n) is 13.8. The Kier molecular flexibility index (Phi) is 2.90. The number of aryl methyl sites for hydroxylation is 2. The van der Waals surface area contributed by atoms with Crippen LogP contribution in [0.2, 0.25) is 0 Å². The second-order valence-electron chi connectivity index (χ2n) is 6.64. The first-order valence-corrected chi connectivity index (χ1v) is 8.58. The highest BCUT2D eigenvalue weighted by molar-refractivity contribution is 6.04. The molecule has 5 rings (SSSR count). The van der Waals surface area contributed by atoms with Crippen molar-refractivity contribution in [2.24, 2.45) is 0 Å². The van der Waals surface area contributed by atoms with Crippen molar-refractivity contribution in [1.29, 1.82) is 0 Å². The number of nitrogens with zero attached hydrogens (tertiary/aromatic N) is 1. The SMILES string of the molecule is CN(c1cccc2ccccc12)c1ccc2c3c(cccc13)CC2. The van der Waals surface area contributed by atoms with Gasteiger partial charge in [0.25, 0.3) is 0 Å². The third-order valence-electron chi connectivity index (χ3n) is 5.34. The molecule has 116 valence electrons. The number of rotatable bonds is 2. The predicted octanol–water partition coefficient (Wildman–Crippen LogP) is 5.86. The summed E-state index contributed by atoms with van der Waals surface area (Å²) in [5.41, 5.74) is 5.53. The van der Waals surface area contributed by atoms with Gasteiger partial charge in [0, 0.05) is 29.2 Å². The number of benzene rings is 4. The molecule has 4 aromatic rings. The fraction of sp³-hybridized carbons (Fsp3) is 0.130. The number of anilines is 2. The largest absolute Gasteiger partial charge is 0.344 e. The monoisotopic (exact) mass is 309 g/mol. The van der Waals surface area contributed by atoms with Crippen molar-refractivity contribution in [2.45, 2.75) is 12.8 Å². The van der Waals surface area contributed by atoms with Crippen molar-refractivity contribution in [3.63, 3.8) is 0 Å². The highest BCUT2D eigenvalue weighted by Crippen LogP contribution is 2.39. The fourth-order valence-electron chi connectivity index (χ4n) is 4.15. The van der Waals surface area contributed by atoms with Gasteiger partial charge in [-0.2, -0.15) is 0 Å². The van der Waals surface area contributed by atoms with E-state index in [0.29, 0.717) is 0 Å². The van der Waals surface area contributed by atoms with E-state index >= 15 is 0 Å². The molecule has 0 heterocycles. The molecule has 24 heavy (non-hydrogen) atoms. The van der Waals surface area contributed by atoms with Gasteiger partial charge in [-0.1, -0.05) is 60.7 Å². The van der Waals surface area contributed by atoms with Crippen molar-refractivity contribution in [1.82, 2.24) is 0 Å². The van der Waals surface area contributed by atoms with Crippen molar-refractivity contribution in [3.05, 3.63) is 83.9 Å². The van der Waals surface area contributed by atoms with E-state index in [1.165, 1.54) is 56.9 Å². The van der Waals surface area contributed by atoms with Gasteiger partial charge in [0.1, 0.15) is 0 Å². The van der Waals surface area contributed by atoms with Gasteiger partial charge >= 0.3 is 0 Å². The normalized spacial score (nSPS) is 12.9. The molecular formula is C23H19N. The van der Waals surface area contributed by atoms with Crippen LogP contribution in [-0.2, 0) is 12.8 Å². The standard InChI is InChI=1S/C23H19N/c1-24(21-11-5-7-16-6-2-3-9-19(16)21)22-15-14-18-13-12-17-8-4-10-20(22)23(17)18/h2-11,14-15H,12-13H2,1H3. The highest BCUT2D eigenvalue weighted by Gasteiger charge is 2.18. The molecule has 0 saturated carbocycles. The second kappa shape index (κ2) is 5.10. The van der Waals surface area contributed by atoms with Crippen LogP contribution in [0.1, 0.15) is 11.1 Å². The Morgan fingerprint density at radius 2 is 1.29 bits per heavy atom. The van der Waals surface area contributed by atoms with Crippen LogP contribution >= 0.6 is 0 Å². The van der Waals surface area contributed by atoms with Gasteiger partial charge in [-0.3, -0.25) is 0 Å². The summed E-state index contributed by atoms with van der Waals surface area (Å²) in [4.78, 5) is 2.34. The van der Waals surface area contributed by atoms with Crippen molar-refractivity contribution in [3.8, 4) is 0 Å². The lowest BCUT2D eigenvalue weighted by atomic mass is 10.0. The third-order valence-corrected chi connectivity index (χ3v) is 5.34. The van der Waals surface area contributed by atoms with Crippen LogP contribution in [0.3, 0.4) is 0 Å². The Morgan fingerprint density at radius 3 is 2.21 bits per heavy atom. The molecule has 1 aliphatic rings. The van der Waals surface area contributed by atoms with Crippen LogP contribution in [0, 0.1) is 0 Å². The Labute approximate surface area is 142 Å². The van der Waals surface area contributed by atoms with E-state index in [0.717, 1.165) is 0 Å². The Balaban J connectivity index is 1.76. The lowest BCUT2D eigenvalue weighted by Crippen LogP contribution is -2.10. The minimum Gasteiger partial charge on any atom is -0.344 e. The molecule has 0 bridgehead atoms. The van der Waals surface area contributed by atoms with E-state index in [9.17, 15) is 0 Å². The molecule has 0 unspecified atom stereocenters. The summed E-state index contributed by atoms with van der Waals surface area (Å²) in [6.45, 7) is 0. The summed E-state index contributed by atoms with van der Waals surface area (Å²) >= 11 is 0. The average Bonchev–Trinajstić information content (AvgIpc) is 3.06. The van der Waals surface area contributed by atoms with Gasteiger partial charge in [-0.25, -0.2) is 0 Å². The molecule has 0 N–H and O–H groups in total. The number of fused-ring (bicyclic) bond motifs is 1. The summed E-state index contributed by atoms with van der Waals surface area (Å²) < 4.78 is 0. The van der Waals surface area contributed by atoms with Crippen molar-refractivity contribution < 1.29 is 0 Å². The Hall–Kier alpha value is -2.80. The molecule has 1 heteroatoms. The molecule has 0 atom stereocenters. The molecule has 0 saturated heterocycles. The molecule has 0 spiro atoms. The smallest absolute Gasteiger partial charge is 0.0488 e. The van der Waals surface area contributed by atoms with E-state index in [2.05, 4.69) is 84.7 Å². The number of hydrogen-bond acceptors (Lipinski definition) is 1. The van der Waals surface area contributed by atoms with E-state index in [1.54, 1.807) is 0 Å². The first-order chi connectivity index (χ1) is 11.8. The average molecular weight is 309 g/mol. The van der Waals surface area contributed by atoms with E-state index in [4.69, 9.17) is 0 Å². The first kappa shape index (κ1) is 13.6. The highest BCUT2D eigenvalue weighted by atomic mass is 15.1. The maximum atomic E-state index is 2.34. The maximum absolute atomic E-state index is 2.34. The van der Waals surface area contributed by atoms with Crippen LogP contribution in [0.4, 0.5) is 11.4 Å². The third kappa shape index (κ3) is 1.88. The van der Waals surface area contributed by atoms with Crippen LogP contribution in [0.5, 0.6) is 0 Å². The van der Waals surface area contributed by atoms with Crippen molar-refractivity contribution in [2.75, 3.05) is 11.9 Å². The number of hydrogen-bond donors (Lipinski definition) is 0. The molecule has 0 radical (unpaired) electrons. The zero-order chi connectivity index (χ0) is 16.1. The molecule has 4 aromatic carbocycles. The van der Waals surface area contributed by atoms with Crippen LogP contribution < -0.4 is 4.90 Å². The Bertz CT molecular complexity index is 1060. The van der Waals surface area contributed by atoms with E-state index in [1.807, 2.05) is 0 Å². The van der Waals surface area contributed by atoms with E-state index < -0.39 is 0 Å². The van der Waals surface area contributed by atoms with Gasteiger partial charge in [0.15, 0.2) is 0 Å². The quantitative estimate of drug-likeness (QED) is 0.448. The van der Waals surface area contributed by atoms with Gasteiger partial charge < -0.3 is 4.90 Å². The van der Waals surface area contributed by atoms with Gasteiger partial charge in [-0.05, 0) is 46.9 Å². The van der Waals surface area contributed by atoms with Crippen LogP contribution in [-0.4, -0.2) is 7.05 Å². The second-order valence-corrected chi connectivity index (χ2v) is 6.64. The zero-order valence-corrected chi connectivity index (χ0v) is 13.8. The molecular weight excluding hydrogens is 290 g/mol. The minimum absolute atomic E-state index is 1.17. The minimum atomic E-state index is 1.17. The Morgan fingerprint density at radius 1 is 0.625 bits per heavy atom. The van der Waals surface area contributed by atoms with Gasteiger partial charge in [0.2, 0.25) is 0 Å². The van der Waals surface area contributed by atoms with Crippen LogP contribution in [0.15, 0.2) is 72.8 Å². The molecule has 1 nitrogen and oxygen atoms in total. The molecule has 0 amide bonds. The van der Waals surface area contributed by atoms with Gasteiger partial charge in [0.05, 0.1) is 0 Å². The van der Waals surface area contributed by atoms with E-state index in [-0.39, 0.29) is 0 Å². The fourth-order valence-corrected chi connectivity index (χ4v) is 4.15. The topological polar surface area (TPSA) is 3.24 Å². The molecule has 0 aliphatic heterocycles. The van der Waals surface area contributed by atoms with Gasteiger partial charge in [-0.15, -0.1) is 0 Å². The lowest BCUT2D eigenvalue weighted by Gasteiger charge is -2.23. The summed E-state index contributed by atoms with van der Waals surface area (Å²) in [6.07, 6.45) is 2.35. The van der Waals surface area contributed by atoms with Crippen LogP contribution in [0.25, 0.3) is 21.5 Å². The molecule has 0 fully saturated rings.